The van der Waals surface area contributed by atoms with E-state index in [0.717, 1.165) is 33.8 Å². The van der Waals surface area contributed by atoms with E-state index in [4.69, 9.17) is 7.98 Å². The Morgan fingerprint density at radius 2 is 1.70 bits per heavy atom. The highest BCUT2D eigenvalue weighted by Crippen LogP contribution is 2.32. The lowest BCUT2D eigenvalue weighted by molar-refractivity contribution is 0.101. The van der Waals surface area contributed by atoms with Crippen LogP contribution in [-0.2, 0) is 0 Å². The third kappa shape index (κ3) is 3.29. The first-order valence-electron chi connectivity index (χ1n) is 8.46. The number of nitrogens with zero attached hydrogens (tertiary/aromatic N) is 4. The van der Waals surface area contributed by atoms with Crippen LogP contribution < -0.4 is 0 Å². The monoisotopic (exact) mass is 350 g/mol. The van der Waals surface area contributed by atoms with Crippen LogP contribution in [0.3, 0.4) is 0 Å². The second-order valence-corrected chi connectivity index (χ2v) is 6.13. The summed E-state index contributed by atoms with van der Waals surface area (Å²) < 4.78 is 1.33. The van der Waals surface area contributed by atoms with Gasteiger partial charge in [0.1, 0.15) is 0 Å². The molecule has 0 spiro atoms. The van der Waals surface area contributed by atoms with Crippen molar-refractivity contribution in [2.45, 2.75) is 6.92 Å². The summed E-state index contributed by atoms with van der Waals surface area (Å²) in [6, 6.07) is 17.0. The molecule has 2 radical (unpaired) electrons. The summed E-state index contributed by atoms with van der Waals surface area (Å²) in [5, 5.41) is 4.20. The summed E-state index contributed by atoms with van der Waals surface area (Å²) in [5.74, 6) is 0.0404. The number of Topliss-reactive ketones (excluding diaryl/α,β-unsaturated/α-hetero) is 1. The minimum atomic E-state index is 0.0404. The summed E-state index contributed by atoms with van der Waals surface area (Å²) >= 11 is 0. The van der Waals surface area contributed by atoms with Crippen LogP contribution in [0.25, 0.3) is 33.8 Å². The Hall–Kier alpha value is -3.54. The van der Waals surface area contributed by atoms with Gasteiger partial charge in [-0.2, -0.15) is 5.10 Å². The van der Waals surface area contributed by atoms with Crippen LogP contribution in [0, 0.1) is 0 Å². The summed E-state index contributed by atoms with van der Waals surface area (Å²) in [5.41, 5.74) is 5.71. The normalized spacial score (nSPS) is 10.7. The molecule has 1 aromatic carbocycles. The maximum absolute atomic E-state index is 11.5. The van der Waals surface area contributed by atoms with Crippen LogP contribution in [0.5, 0.6) is 0 Å². The molecule has 128 valence electrons. The third-order valence-corrected chi connectivity index (χ3v) is 4.36. The molecule has 0 saturated carbocycles. The Morgan fingerprint density at radius 1 is 0.926 bits per heavy atom. The lowest BCUT2D eigenvalue weighted by Crippen LogP contribution is -1.98. The maximum atomic E-state index is 11.5. The summed E-state index contributed by atoms with van der Waals surface area (Å²) in [6.45, 7) is 1.55. The van der Waals surface area contributed by atoms with E-state index in [9.17, 15) is 4.79 Å². The van der Waals surface area contributed by atoms with E-state index in [-0.39, 0.29) is 5.78 Å². The number of rotatable bonds is 4. The molecular formula is C21H15BN4O. The molecule has 0 atom stereocenters. The van der Waals surface area contributed by atoms with Crippen LogP contribution in [0.15, 0.2) is 73.2 Å². The number of hydrogen-bond donors (Lipinski definition) is 0. The zero-order chi connectivity index (χ0) is 18.8. The van der Waals surface area contributed by atoms with Gasteiger partial charge >= 0.3 is 0 Å². The first kappa shape index (κ1) is 16.9. The quantitative estimate of drug-likeness (QED) is 0.415. The largest absolute Gasteiger partial charge is 0.322 e. The summed E-state index contributed by atoms with van der Waals surface area (Å²) in [7, 11) is 6.02. The van der Waals surface area contributed by atoms with Gasteiger partial charge in [0.2, 0.25) is 0 Å². The van der Waals surface area contributed by atoms with E-state index in [2.05, 4.69) is 15.1 Å². The number of hydrogen-bond acceptors (Lipinski definition) is 4. The molecule has 0 bridgehead atoms. The van der Waals surface area contributed by atoms with Gasteiger partial charge in [-0.1, -0.05) is 30.3 Å². The second kappa shape index (κ2) is 7.00. The topological polar surface area (TPSA) is 60.7 Å². The van der Waals surface area contributed by atoms with Crippen LogP contribution in [0.4, 0.5) is 0 Å². The van der Waals surface area contributed by atoms with Gasteiger partial charge < -0.3 is 4.59 Å². The minimum Gasteiger partial charge on any atom is -0.322 e. The highest BCUT2D eigenvalue weighted by molar-refractivity contribution is 6.09. The standard InChI is InChI=1S/C21H15BN4O/c1-14(27)15-5-7-16(8-6-15)20-12-17(9-11-24-20)18-13-25-26(22)21(18)19-4-2-3-10-23-19/h2-13H,1H3. The van der Waals surface area contributed by atoms with E-state index in [1.807, 2.05) is 54.6 Å². The van der Waals surface area contributed by atoms with Gasteiger partial charge in [0, 0.05) is 29.1 Å². The SMILES string of the molecule is [B]n1ncc(-c2ccnc(-c3ccc(C(C)=O)cc3)c2)c1-c1ccccn1. The average molecular weight is 350 g/mol. The molecule has 3 aromatic heterocycles. The molecular weight excluding hydrogens is 335 g/mol. The van der Waals surface area contributed by atoms with Gasteiger partial charge in [0.05, 0.1) is 23.3 Å². The van der Waals surface area contributed by atoms with Crippen molar-refractivity contribution in [3.05, 3.63) is 78.8 Å². The molecule has 0 aliphatic carbocycles. The number of carbonyl (C=O) groups excluding carboxylic acids is 1. The zero-order valence-electron chi connectivity index (χ0n) is 14.7. The Morgan fingerprint density at radius 3 is 2.41 bits per heavy atom. The van der Waals surface area contributed by atoms with Crippen molar-refractivity contribution in [1.82, 2.24) is 19.7 Å². The Balaban J connectivity index is 1.77. The van der Waals surface area contributed by atoms with Crippen molar-refractivity contribution in [3.63, 3.8) is 0 Å². The van der Waals surface area contributed by atoms with Gasteiger partial charge in [-0.15, -0.1) is 0 Å². The molecule has 0 saturated heterocycles. The summed E-state index contributed by atoms with van der Waals surface area (Å²) in [6.07, 6.45) is 5.20. The van der Waals surface area contributed by atoms with Crippen LogP contribution in [0.1, 0.15) is 17.3 Å². The van der Waals surface area contributed by atoms with Gasteiger partial charge in [-0.25, -0.2) is 0 Å². The van der Waals surface area contributed by atoms with Crippen molar-refractivity contribution in [1.29, 1.82) is 0 Å². The molecule has 0 unspecified atom stereocenters. The highest BCUT2D eigenvalue weighted by Gasteiger charge is 2.14. The number of pyridine rings is 2. The van der Waals surface area contributed by atoms with Crippen molar-refractivity contribution in [2.75, 3.05) is 0 Å². The molecule has 5 nitrogen and oxygen atoms in total. The average Bonchev–Trinajstić information content (AvgIpc) is 3.10. The van der Waals surface area contributed by atoms with E-state index < -0.39 is 0 Å². The van der Waals surface area contributed by atoms with Gasteiger partial charge in [-0.05, 0) is 36.8 Å². The zero-order valence-corrected chi connectivity index (χ0v) is 14.7. The maximum Gasteiger partial charge on any atom is 0.265 e. The van der Waals surface area contributed by atoms with E-state index in [1.54, 1.807) is 25.5 Å². The van der Waals surface area contributed by atoms with Gasteiger partial charge in [0.25, 0.3) is 7.98 Å². The molecule has 0 amide bonds. The van der Waals surface area contributed by atoms with Crippen molar-refractivity contribution in [2.24, 2.45) is 0 Å². The molecule has 4 aromatic rings. The fraction of sp³-hybridized carbons (Fsp3) is 0.0476. The van der Waals surface area contributed by atoms with Gasteiger partial charge in [-0.3, -0.25) is 14.8 Å². The van der Waals surface area contributed by atoms with E-state index in [0.29, 0.717) is 5.56 Å². The molecule has 4 rings (SSSR count). The van der Waals surface area contributed by atoms with Gasteiger partial charge in [0.15, 0.2) is 5.78 Å². The van der Waals surface area contributed by atoms with E-state index >= 15 is 0 Å². The first-order chi connectivity index (χ1) is 13.1. The molecule has 3 heterocycles. The molecule has 6 heteroatoms. The van der Waals surface area contributed by atoms with Crippen molar-refractivity contribution < 1.29 is 4.79 Å². The lowest BCUT2D eigenvalue weighted by atomic mass is 10.0. The number of benzene rings is 1. The van der Waals surface area contributed by atoms with Crippen molar-refractivity contribution in [3.8, 4) is 33.8 Å². The Kier molecular flexibility index (Phi) is 4.38. The fourth-order valence-corrected chi connectivity index (χ4v) is 2.96. The predicted molar refractivity (Wildman–Crippen MR) is 105 cm³/mol. The molecule has 0 aliphatic rings. The Labute approximate surface area is 158 Å². The second-order valence-electron chi connectivity index (χ2n) is 6.13. The first-order valence-corrected chi connectivity index (χ1v) is 8.46. The predicted octanol–water partition coefficient (Wildman–Crippen LogP) is 3.81. The minimum absolute atomic E-state index is 0.0404. The fourth-order valence-electron chi connectivity index (χ4n) is 2.96. The van der Waals surface area contributed by atoms with E-state index in [1.165, 1.54) is 4.59 Å². The number of carbonyl (C=O) groups is 1. The van der Waals surface area contributed by atoms with Crippen LogP contribution in [0.2, 0.25) is 0 Å². The molecule has 0 aliphatic heterocycles. The van der Waals surface area contributed by atoms with Crippen molar-refractivity contribution >= 4 is 13.8 Å². The molecule has 27 heavy (non-hydrogen) atoms. The van der Waals surface area contributed by atoms with Crippen LogP contribution in [-0.4, -0.2) is 33.4 Å². The molecule has 0 N–H and O–H groups in total. The Bertz CT molecular complexity index is 1100. The molecule has 0 fully saturated rings. The number of aromatic nitrogens is 4. The smallest absolute Gasteiger partial charge is 0.265 e. The highest BCUT2D eigenvalue weighted by atomic mass is 16.1. The number of ketones is 1. The van der Waals surface area contributed by atoms with Crippen LogP contribution >= 0.6 is 0 Å². The summed E-state index contributed by atoms with van der Waals surface area (Å²) in [4.78, 5) is 20.3. The third-order valence-electron chi connectivity index (χ3n) is 4.36. The lowest BCUT2D eigenvalue weighted by Gasteiger charge is -2.08.